The Labute approximate surface area is 191 Å². The number of carbonyl (C=O) groups is 1. The fourth-order valence-electron chi connectivity index (χ4n) is 3.81. The Balaban J connectivity index is 1.38. The van der Waals surface area contributed by atoms with Gasteiger partial charge in [0.05, 0.1) is 22.7 Å². The van der Waals surface area contributed by atoms with Gasteiger partial charge < -0.3 is 0 Å². The minimum atomic E-state index is 0.119. The van der Waals surface area contributed by atoms with E-state index in [0.717, 1.165) is 16.1 Å². The normalized spacial score (nSPS) is 10.9. The van der Waals surface area contributed by atoms with Crippen LogP contribution in [-0.4, -0.2) is 15.6 Å². The number of hydrogen-bond acceptors (Lipinski definition) is 3. The molecule has 5 rings (SSSR count). The van der Waals surface area contributed by atoms with Crippen LogP contribution in [0, 0.1) is 0 Å². The Bertz CT molecular complexity index is 1340. The molecule has 2 aromatic carbocycles. The lowest BCUT2D eigenvalue weighted by atomic mass is 10.0. The zero-order valence-corrected chi connectivity index (χ0v) is 18.3. The van der Waals surface area contributed by atoms with Crippen LogP contribution in [0.1, 0.15) is 15.2 Å². The van der Waals surface area contributed by atoms with Gasteiger partial charge in [-0.1, -0.05) is 54.6 Å². The summed E-state index contributed by atoms with van der Waals surface area (Å²) in [7, 11) is 0. The molecule has 32 heavy (non-hydrogen) atoms. The molecule has 0 radical (unpaired) electrons. The number of Topliss-reactive ketones (excluding diaryl/α,β-unsaturated/α-hetero) is 1. The van der Waals surface area contributed by atoms with E-state index in [4.69, 9.17) is 0 Å². The van der Waals surface area contributed by atoms with Crippen molar-refractivity contribution in [2.45, 2.75) is 13.1 Å². The summed E-state index contributed by atoms with van der Waals surface area (Å²) in [5.41, 5.74) is 5.64. The van der Waals surface area contributed by atoms with Crippen LogP contribution in [0.5, 0.6) is 0 Å². The Hall–Kier alpha value is -3.83. The molecule has 0 amide bonds. The average molecular weight is 437 g/mol. The minimum absolute atomic E-state index is 0.119. The van der Waals surface area contributed by atoms with Crippen LogP contribution in [0.15, 0.2) is 109 Å². The van der Waals surface area contributed by atoms with Gasteiger partial charge in [0.1, 0.15) is 0 Å². The Morgan fingerprint density at radius 2 is 1.72 bits per heavy atom. The Morgan fingerprint density at radius 1 is 0.875 bits per heavy atom. The predicted molar refractivity (Wildman–Crippen MR) is 127 cm³/mol. The van der Waals surface area contributed by atoms with Crippen molar-refractivity contribution in [3.63, 3.8) is 0 Å². The monoisotopic (exact) mass is 436 g/mol. The highest BCUT2D eigenvalue weighted by Gasteiger charge is 2.15. The van der Waals surface area contributed by atoms with Gasteiger partial charge in [-0.25, -0.2) is 0 Å². The number of rotatable bonds is 7. The number of benzene rings is 2. The van der Waals surface area contributed by atoms with Gasteiger partial charge in [0.15, 0.2) is 12.4 Å². The van der Waals surface area contributed by atoms with E-state index >= 15 is 0 Å². The Morgan fingerprint density at radius 3 is 2.56 bits per heavy atom. The lowest BCUT2D eigenvalue weighted by Gasteiger charge is -2.09. The number of hydrogen-bond donors (Lipinski definition) is 0. The van der Waals surface area contributed by atoms with Gasteiger partial charge in [-0.15, -0.1) is 11.3 Å². The van der Waals surface area contributed by atoms with E-state index in [1.165, 1.54) is 28.0 Å². The summed E-state index contributed by atoms with van der Waals surface area (Å²) >= 11 is 1.48. The van der Waals surface area contributed by atoms with Crippen molar-refractivity contribution in [3.05, 3.63) is 119 Å². The highest BCUT2D eigenvalue weighted by molar-refractivity contribution is 7.12. The van der Waals surface area contributed by atoms with E-state index < -0.39 is 0 Å². The molecule has 0 bridgehead atoms. The van der Waals surface area contributed by atoms with Crippen molar-refractivity contribution in [1.29, 1.82) is 0 Å². The van der Waals surface area contributed by atoms with Crippen molar-refractivity contribution in [1.82, 2.24) is 9.78 Å². The highest BCUT2D eigenvalue weighted by Crippen LogP contribution is 2.22. The van der Waals surface area contributed by atoms with Crippen molar-refractivity contribution < 1.29 is 9.36 Å². The third-order valence-electron chi connectivity index (χ3n) is 5.36. The molecule has 0 aliphatic heterocycles. The minimum Gasteiger partial charge on any atom is -0.286 e. The third-order valence-corrected chi connectivity index (χ3v) is 6.27. The summed E-state index contributed by atoms with van der Waals surface area (Å²) in [5.74, 6) is 0.119. The molecule has 0 saturated carbocycles. The first-order chi connectivity index (χ1) is 15.8. The standard InChI is InChI=1S/C27H22N3OS/c31-26(27-12-6-16-32-27)20-29-15-5-11-24(19-29)25-13-14-28-30(25)18-21-7-4-10-23(17-21)22-8-2-1-3-9-22/h1-17,19H,18,20H2/q+1. The second-order valence-corrected chi connectivity index (χ2v) is 8.55. The number of carbonyl (C=O) groups excluding carboxylic acids is 1. The third kappa shape index (κ3) is 4.43. The van der Waals surface area contributed by atoms with Gasteiger partial charge in [0, 0.05) is 12.3 Å². The number of pyridine rings is 1. The summed E-state index contributed by atoms with van der Waals surface area (Å²) in [5, 5.41) is 6.49. The molecular weight excluding hydrogens is 414 g/mol. The largest absolute Gasteiger partial charge is 0.286 e. The first kappa shape index (κ1) is 20.1. The average Bonchev–Trinajstić information content (AvgIpc) is 3.53. The molecule has 0 saturated heterocycles. The fraction of sp³-hybridized carbons (Fsp3) is 0.0741. The molecule has 5 heteroatoms. The topological polar surface area (TPSA) is 38.8 Å². The summed E-state index contributed by atoms with van der Waals surface area (Å²) in [4.78, 5) is 13.3. The summed E-state index contributed by atoms with van der Waals surface area (Å²) in [6.45, 7) is 0.994. The van der Waals surface area contributed by atoms with Crippen LogP contribution in [-0.2, 0) is 13.1 Å². The maximum atomic E-state index is 12.5. The van der Waals surface area contributed by atoms with Crippen LogP contribution in [0.4, 0.5) is 0 Å². The molecule has 0 spiro atoms. The van der Waals surface area contributed by atoms with E-state index in [-0.39, 0.29) is 5.78 Å². The maximum Gasteiger partial charge on any atom is 0.237 e. The number of thiophene rings is 1. The molecule has 4 nitrogen and oxygen atoms in total. The molecule has 3 heterocycles. The second kappa shape index (κ2) is 9.12. The summed E-state index contributed by atoms with van der Waals surface area (Å²) in [6.07, 6.45) is 5.77. The van der Waals surface area contributed by atoms with Crippen molar-refractivity contribution >= 4 is 17.1 Å². The van der Waals surface area contributed by atoms with Gasteiger partial charge >= 0.3 is 0 Å². The molecule has 3 aromatic heterocycles. The van der Waals surface area contributed by atoms with Crippen LogP contribution < -0.4 is 4.57 Å². The molecule has 0 unspecified atom stereocenters. The van der Waals surface area contributed by atoms with Crippen LogP contribution in [0.2, 0.25) is 0 Å². The van der Waals surface area contributed by atoms with E-state index in [2.05, 4.69) is 59.7 Å². The molecule has 156 valence electrons. The van der Waals surface area contributed by atoms with Crippen molar-refractivity contribution in [2.75, 3.05) is 0 Å². The molecule has 0 N–H and O–H groups in total. The fourth-order valence-corrected chi connectivity index (χ4v) is 4.47. The second-order valence-electron chi connectivity index (χ2n) is 7.61. The zero-order chi connectivity index (χ0) is 21.8. The summed E-state index contributed by atoms with van der Waals surface area (Å²) in [6, 6.07) is 28.8. The zero-order valence-electron chi connectivity index (χ0n) is 17.5. The van der Waals surface area contributed by atoms with E-state index in [9.17, 15) is 4.79 Å². The van der Waals surface area contributed by atoms with Crippen LogP contribution >= 0.6 is 11.3 Å². The summed E-state index contributed by atoms with van der Waals surface area (Å²) < 4.78 is 3.94. The quantitative estimate of drug-likeness (QED) is 0.250. The lowest BCUT2D eigenvalue weighted by molar-refractivity contribution is -0.682. The SMILES string of the molecule is O=C(C[n+]1cccc(-c2ccnn2Cc2cccc(-c3ccccc3)c2)c1)c1cccs1. The molecule has 5 aromatic rings. The van der Waals surface area contributed by atoms with Crippen LogP contribution in [0.25, 0.3) is 22.4 Å². The molecular formula is C27H22N3OS+. The van der Waals surface area contributed by atoms with Gasteiger partial charge in [-0.3, -0.25) is 9.48 Å². The van der Waals surface area contributed by atoms with Gasteiger partial charge in [0.25, 0.3) is 0 Å². The number of nitrogens with zero attached hydrogens (tertiary/aromatic N) is 3. The van der Waals surface area contributed by atoms with E-state index in [1.807, 2.05) is 63.6 Å². The van der Waals surface area contributed by atoms with E-state index in [1.54, 1.807) is 0 Å². The smallest absolute Gasteiger partial charge is 0.237 e. The molecule has 0 aliphatic rings. The first-order valence-electron chi connectivity index (χ1n) is 10.5. The number of ketones is 1. The predicted octanol–water partition coefficient (Wildman–Crippen LogP) is 5.50. The molecule has 0 fully saturated rings. The molecule has 0 aliphatic carbocycles. The van der Waals surface area contributed by atoms with Crippen LogP contribution in [0.3, 0.4) is 0 Å². The van der Waals surface area contributed by atoms with Gasteiger partial charge in [-0.2, -0.15) is 9.67 Å². The first-order valence-corrected chi connectivity index (χ1v) is 11.4. The number of aromatic nitrogens is 3. The molecule has 0 atom stereocenters. The Kier molecular flexibility index (Phi) is 5.73. The lowest BCUT2D eigenvalue weighted by Crippen LogP contribution is -2.37. The van der Waals surface area contributed by atoms with Crippen molar-refractivity contribution in [2.24, 2.45) is 0 Å². The van der Waals surface area contributed by atoms with Gasteiger partial charge in [0.2, 0.25) is 12.3 Å². The van der Waals surface area contributed by atoms with Gasteiger partial charge in [-0.05, 0) is 46.3 Å². The van der Waals surface area contributed by atoms with E-state index in [0.29, 0.717) is 13.1 Å². The van der Waals surface area contributed by atoms with Crippen molar-refractivity contribution in [3.8, 4) is 22.4 Å². The highest BCUT2D eigenvalue weighted by atomic mass is 32.1. The maximum absolute atomic E-state index is 12.5.